The van der Waals surface area contributed by atoms with Crippen LogP contribution in [-0.4, -0.2) is 24.9 Å². The monoisotopic (exact) mass is 339 g/mol. The Labute approximate surface area is 133 Å². The number of aromatic amines is 1. The molecule has 10 heteroatoms. The number of nitrogens with zero attached hydrogens (tertiary/aromatic N) is 4. The number of aryl methyl sites for hydroxylation is 1. The molecule has 0 saturated heterocycles. The molecule has 0 radical (unpaired) electrons. The summed E-state index contributed by atoms with van der Waals surface area (Å²) >= 11 is 0. The Morgan fingerprint density at radius 1 is 1.38 bits per heavy atom. The molecule has 0 aromatic carbocycles. The van der Waals surface area contributed by atoms with Crippen molar-refractivity contribution in [2.75, 3.05) is 0 Å². The van der Waals surface area contributed by atoms with Gasteiger partial charge in [-0.15, -0.1) is 0 Å². The number of H-pyrrole nitrogens is 1. The molecule has 0 saturated carbocycles. The lowest BCUT2D eigenvalue weighted by Crippen LogP contribution is -2.14. The lowest BCUT2D eigenvalue weighted by atomic mass is 10.0. The van der Waals surface area contributed by atoms with Crippen LogP contribution in [0.3, 0.4) is 0 Å². The maximum Gasteiger partial charge on any atom is 0.471 e. The van der Waals surface area contributed by atoms with E-state index >= 15 is 0 Å². The highest BCUT2D eigenvalue weighted by molar-refractivity contribution is 5.59. The van der Waals surface area contributed by atoms with E-state index in [0.29, 0.717) is 0 Å². The lowest BCUT2D eigenvalue weighted by Gasteiger charge is -2.05. The van der Waals surface area contributed by atoms with E-state index in [0.717, 1.165) is 11.3 Å². The second-order valence-electron chi connectivity index (χ2n) is 5.18. The Morgan fingerprint density at radius 2 is 2.12 bits per heavy atom. The second-order valence-corrected chi connectivity index (χ2v) is 5.18. The van der Waals surface area contributed by atoms with Crippen LogP contribution in [0.25, 0.3) is 11.4 Å². The van der Waals surface area contributed by atoms with Gasteiger partial charge in [-0.2, -0.15) is 23.3 Å². The van der Waals surface area contributed by atoms with Gasteiger partial charge in [-0.05, 0) is 18.6 Å². The van der Waals surface area contributed by atoms with Crippen LogP contribution in [0, 0.1) is 6.92 Å². The largest absolute Gasteiger partial charge is 0.471 e. The summed E-state index contributed by atoms with van der Waals surface area (Å²) in [6.45, 7) is 1.83. The van der Waals surface area contributed by atoms with Crippen LogP contribution in [-0.2, 0) is 19.6 Å². The smallest absolute Gasteiger partial charge is 0.329 e. The molecule has 0 amide bonds. The third-order valence-corrected chi connectivity index (χ3v) is 3.68. The molecule has 0 bridgehead atoms. The molecule has 0 aliphatic carbocycles. The highest BCUT2D eigenvalue weighted by Crippen LogP contribution is 2.30. The SMILES string of the molecule is Cc1c(Cc2c(-c3noc(C(F)(F)F)n3)cc[nH]c2=O)cnn1C. The third-order valence-electron chi connectivity index (χ3n) is 3.68. The summed E-state index contributed by atoms with van der Waals surface area (Å²) in [5, 5.41) is 7.43. The van der Waals surface area contributed by atoms with Crippen molar-refractivity contribution in [3.05, 3.63) is 51.5 Å². The molecule has 3 rings (SSSR count). The first kappa shape index (κ1) is 16.0. The average molecular weight is 339 g/mol. The first-order chi connectivity index (χ1) is 11.3. The molecule has 0 aliphatic heterocycles. The van der Waals surface area contributed by atoms with Gasteiger partial charge in [0, 0.05) is 36.5 Å². The first-order valence-corrected chi connectivity index (χ1v) is 6.86. The molecule has 1 N–H and O–H groups in total. The van der Waals surface area contributed by atoms with E-state index in [1.165, 1.54) is 12.3 Å². The van der Waals surface area contributed by atoms with Gasteiger partial charge in [-0.25, -0.2) is 0 Å². The van der Waals surface area contributed by atoms with Gasteiger partial charge in [0.1, 0.15) is 0 Å². The molecule has 0 unspecified atom stereocenters. The number of hydrogen-bond acceptors (Lipinski definition) is 5. The third kappa shape index (κ3) is 2.82. The van der Waals surface area contributed by atoms with Crippen molar-refractivity contribution in [2.45, 2.75) is 19.5 Å². The van der Waals surface area contributed by atoms with E-state index in [2.05, 4.69) is 24.7 Å². The normalized spacial score (nSPS) is 11.9. The molecule has 3 aromatic rings. The number of halogens is 3. The summed E-state index contributed by atoms with van der Waals surface area (Å²) in [6.07, 6.45) is -1.64. The van der Waals surface area contributed by atoms with E-state index in [-0.39, 0.29) is 23.4 Å². The van der Waals surface area contributed by atoms with Crippen LogP contribution in [0.5, 0.6) is 0 Å². The number of pyridine rings is 1. The molecule has 3 aromatic heterocycles. The fraction of sp³-hybridized carbons (Fsp3) is 0.286. The molecule has 126 valence electrons. The zero-order chi connectivity index (χ0) is 17.5. The highest BCUT2D eigenvalue weighted by atomic mass is 19.4. The summed E-state index contributed by atoms with van der Waals surface area (Å²) in [4.78, 5) is 18.0. The lowest BCUT2D eigenvalue weighted by molar-refractivity contribution is -0.159. The number of nitrogens with one attached hydrogen (secondary N) is 1. The van der Waals surface area contributed by atoms with Gasteiger partial charge in [0.15, 0.2) is 0 Å². The van der Waals surface area contributed by atoms with Crippen LogP contribution >= 0.6 is 0 Å². The van der Waals surface area contributed by atoms with Crippen LogP contribution in [0.2, 0.25) is 0 Å². The minimum atomic E-state index is -4.74. The van der Waals surface area contributed by atoms with Crippen LogP contribution in [0.4, 0.5) is 13.2 Å². The summed E-state index contributed by atoms with van der Waals surface area (Å²) in [5.41, 5.74) is 1.60. The van der Waals surface area contributed by atoms with Gasteiger partial charge < -0.3 is 9.51 Å². The van der Waals surface area contributed by atoms with Crippen molar-refractivity contribution in [1.82, 2.24) is 24.9 Å². The summed E-state index contributed by atoms with van der Waals surface area (Å²) in [6, 6.07) is 1.44. The maximum atomic E-state index is 12.6. The molecule has 24 heavy (non-hydrogen) atoms. The number of alkyl halides is 3. The Morgan fingerprint density at radius 3 is 2.71 bits per heavy atom. The van der Waals surface area contributed by atoms with Crippen molar-refractivity contribution < 1.29 is 17.7 Å². The van der Waals surface area contributed by atoms with Crippen LogP contribution in [0.15, 0.2) is 27.8 Å². The summed E-state index contributed by atoms with van der Waals surface area (Å²) < 4.78 is 43.8. The van der Waals surface area contributed by atoms with E-state index in [1.54, 1.807) is 17.9 Å². The fourth-order valence-electron chi connectivity index (χ4n) is 2.25. The molecule has 0 aliphatic rings. The molecule has 0 fully saturated rings. The minimum Gasteiger partial charge on any atom is -0.329 e. The Hall–Kier alpha value is -2.91. The second kappa shape index (κ2) is 5.62. The highest BCUT2D eigenvalue weighted by Gasteiger charge is 2.38. The predicted octanol–water partition coefficient (Wildman–Crippen LogP) is 2.08. The molecule has 0 atom stereocenters. The van der Waals surface area contributed by atoms with Crippen molar-refractivity contribution in [1.29, 1.82) is 0 Å². The van der Waals surface area contributed by atoms with Gasteiger partial charge in [0.2, 0.25) is 5.82 Å². The molecule has 7 nitrogen and oxygen atoms in total. The number of aromatic nitrogens is 5. The van der Waals surface area contributed by atoms with Crippen molar-refractivity contribution in [3.63, 3.8) is 0 Å². The van der Waals surface area contributed by atoms with E-state index in [9.17, 15) is 18.0 Å². The zero-order valence-corrected chi connectivity index (χ0v) is 12.7. The predicted molar refractivity (Wildman–Crippen MR) is 76.1 cm³/mol. The van der Waals surface area contributed by atoms with Gasteiger partial charge in [0.05, 0.1) is 6.20 Å². The molecular weight excluding hydrogens is 327 g/mol. The Bertz CT molecular complexity index is 939. The maximum absolute atomic E-state index is 12.6. The van der Waals surface area contributed by atoms with E-state index in [4.69, 9.17) is 0 Å². The van der Waals surface area contributed by atoms with Crippen molar-refractivity contribution in [3.8, 4) is 11.4 Å². The van der Waals surface area contributed by atoms with Gasteiger partial charge in [0.25, 0.3) is 5.56 Å². The quantitative estimate of drug-likeness (QED) is 0.789. The molecule has 0 spiro atoms. The summed E-state index contributed by atoms with van der Waals surface area (Å²) in [7, 11) is 1.75. The van der Waals surface area contributed by atoms with Crippen molar-refractivity contribution >= 4 is 0 Å². The van der Waals surface area contributed by atoms with Crippen molar-refractivity contribution in [2.24, 2.45) is 7.05 Å². The van der Waals surface area contributed by atoms with Gasteiger partial charge >= 0.3 is 12.1 Å². The molecular formula is C14H12F3N5O2. The van der Waals surface area contributed by atoms with E-state index < -0.39 is 17.6 Å². The average Bonchev–Trinajstić information content (AvgIpc) is 3.11. The standard InChI is InChI=1S/C14H12F3N5O2/c1-7-8(6-19-22(7)2)5-10-9(3-4-18-12(10)23)11-20-13(24-21-11)14(15,16)17/h3-4,6H,5H2,1-2H3,(H,18,23). The first-order valence-electron chi connectivity index (χ1n) is 6.86. The van der Waals surface area contributed by atoms with Gasteiger partial charge in [-0.3, -0.25) is 9.48 Å². The molecule has 3 heterocycles. The Kier molecular flexibility index (Phi) is 3.74. The van der Waals surface area contributed by atoms with Gasteiger partial charge in [-0.1, -0.05) is 5.16 Å². The zero-order valence-electron chi connectivity index (χ0n) is 12.7. The van der Waals surface area contributed by atoms with E-state index in [1.807, 2.05) is 6.92 Å². The van der Waals surface area contributed by atoms with Crippen LogP contribution in [0.1, 0.15) is 22.7 Å². The fourth-order valence-corrected chi connectivity index (χ4v) is 2.25. The summed E-state index contributed by atoms with van der Waals surface area (Å²) in [5.74, 6) is -1.74. The number of rotatable bonds is 3. The minimum absolute atomic E-state index is 0.182. The van der Waals surface area contributed by atoms with Crippen LogP contribution < -0.4 is 5.56 Å². The topological polar surface area (TPSA) is 89.6 Å². The Balaban J connectivity index is 2.07. The number of hydrogen-bond donors (Lipinski definition) is 1.